The molecule has 2 aromatic carbocycles. The van der Waals surface area contributed by atoms with E-state index in [-0.39, 0.29) is 17.0 Å². The molecule has 1 atom stereocenters. The van der Waals surface area contributed by atoms with Gasteiger partial charge in [-0.2, -0.15) is 0 Å². The second kappa shape index (κ2) is 7.63. The molecule has 24 heavy (non-hydrogen) atoms. The summed E-state index contributed by atoms with van der Waals surface area (Å²) < 4.78 is 3.75. The lowest BCUT2D eigenvalue weighted by atomic mass is 10.1. The topological polar surface area (TPSA) is 6.25 Å². The van der Waals surface area contributed by atoms with Gasteiger partial charge in [0.2, 0.25) is 0 Å². The highest BCUT2D eigenvalue weighted by Crippen LogP contribution is 2.36. The van der Waals surface area contributed by atoms with Crippen molar-refractivity contribution in [3.63, 3.8) is 0 Å². The Hall–Kier alpha value is -0.780. The Bertz CT molecular complexity index is 758. The average molecular weight is 468 g/mol. The van der Waals surface area contributed by atoms with Crippen molar-refractivity contribution < 1.29 is 21.6 Å². The van der Waals surface area contributed by atoms with E-state index in [1.165, 1.54) is 34.2 Å². The average Bonchev–Trinajstić information content (AvgIpc) is 2.96. The van der Waals surface area contributed by atoms with Crippen LogP contribution in [0.4, 0.5) is 5.69 Å². The lowest BCUT2D eigenvalue weighted by molar-refractivity contribution is -0.560. The predicted molar refractivity (Wildman–Crippen MR) is 103 cm³/mol. The highest BCUT2D eigenvalue weighted by molar-refractivity contribution is 9.10. The summed E-state index contributed by atoms with van der Waals surface area (Å²) >= 11 is 5.55. The number of amidine groups is 1. The van der Waals surface area contributed by atoms with Crippen molar-refractivity contribution in [3.05, 3.63) is 64.1 Å². The van der Waals surface area contributed by atoms with Crippen molar-refractivity contribution in [1.82, 2.24) is 0 Å². The predicted octanol–water partition coefficient (Wildman–Crippen LogP) is 1.83. The monoisotopic (exact) mass is 466 g/mol. The summed E-state index contributed by atoms with van der Waals surface area (Å²) in [6.45, 7) is 4.40. The first-order chi connectivity index (χ1) is 11.2. The highest BCUT2D eigenvalue weighted by Gasteiger charge is 2.42. The van der Waals surface area contributed by atoms with E-state index >= 15 is 0 Å². The fourth-order valence-corrected chi connectivity index (χ4v) is 4.92. The molecule has 0 bridgehead atoms. The molecule has 0 saturated carbocycles. The highest BCUT2D eigenvalue weighted by atomic mass is 79.9. The van der Waals surface area contributed by atoms with Gasteiger partial charge in [-0.05, 0) is 48.9 Å². The molecule has 126 valence electrons. The Labute approximate surface area is 166 Å². The molecule has 5 heteroatoms. The Morgan fingerprint density at radius 3 is 2.62 bits per heavy atom. The van der Waals surface area contributed by atoms with Crippen molar-refractivity contribution in [2.24, 2.45) is 0 Å². The minimum absolute atomic E-state index is 0. The molecule has 2 aliphatic heterocycles. The van der Waals surface area contributed by atoms with E-state index in [1.807, 2.05) is 11.8 Å². The van der Waals surface area contributed by atoms with E-state index < -0.39 is 0 Å². The number of nitrogens with zero attached hydrogens (tertiary/aromatic N) is 2. The maximum Gasteiger partial charge on any atom is 0.314 e. The molecule has 2 aromatic rings. The lowest BCUT2D eigenvalue weighted by Gasteiger charge is -2.17. The molecule has 2 heterocycles. The van der Waals surface area contributed by atoms with E-state index in [2.05, 4.69) is 80.9 Å². The van der Waals surface area contributed by atoms with E-state index in [0.717, 1.165) is 17.6 Å². The van der Waals surface area contributed by atoms with Gasteiger partial charge < -0.3 is 17.0 Å². The van der Waals surface area contributed by atoms with Gasteiger partial charge >= 0.3 is 5.17 Å². The van der Waals surface area contributed by atoms with Crippen molar-refractivity contribution in [3.8, 4) is 0 Å². The first kappa shape index (κ1) is 18.0. The van der Waals surface area contributed by atoms with Crippen LogP contribution in [-0.2, 0) is 0 Å². The van der Waals surface area contributed by atoms with Crippen molar-refractivity contribution in [2.45, 2.75) is 19.4 Å². The second-order valence-corrected chi connectivity index (χ2v) is 8.12. The lowest BCUT2D eigenvalue weighted by Crippen LogP contribution is -3.00. The van der Waals surface area contributed by atoms with Gasteiger partial charge in [0, 0.05) is 15.8 Å². The molecule has 4 rings (SSSR count). The molecule has 0 aromatic heterocycles. The fraction of sp³-hybridized carbons (Fsp3) is 0.316. The second-order valence-electron chi connectivity index (χ2n) is 6.14. The van der Waals surface area contributed by atoms with Gasteiger partial charge in [-0.3, -0.25) is 0 Å². The van der Waals surface area contributed by atoms with Gasteiger partial charge in [-0.15, -0.1) is 0 Å². The molecule has 1 unspecified atom stereocenters. The van der Waals surface area contributed by atoms with Gasteiger partial charge in [0.15, 0.2) is 6.04 Å². The zero-order chi connectivity index (χ0) is 15.8. The zero-order valence-corrected chi connectivity index (χ0v) is 17.6. The number of aryl methyl sites for hydroxylation is 1. The zero-order valence-electron chi connectivity index (χ0n) is 13.6. The van der Waals surface area contributed by atoms with Crippen LogP contribution in [-0.4, -0.2) is 28.6 Å². The Kier molecular flexibility index (Phi) is 5.73. The van der Waals surface area contributed by atoms with Gasteiger partial charge in [0.05, 0.1) is 6.54 Å². The Balaban J connectivity index is 0.00000169. The molecular formula is C19H20Br2N2S. The van der Waals surface area contributed by atoms with E-state index in [1.54, 1.807) is 0 Å². The van der Waals surface area contributed by atoms with E-state index in [4.69, 9.17) is 0 Å². The SMILES string of the molecule is Cc1ccccc1N1CC(c2ccc(Br)cc2)[N+]2=C1SCCC2.[Br-]. The molecule has 2 aliphatic rings. The number of rotatable bonds is 2. The standard InChI is InChI=1S/C19H20BrN2S.BrH/c1-14-5-2-3-6-17(14)22-13-18(15-7-9-16(20)10-8-15)21-11-4-12-23-19(21)22;/h2-3,5-10,18H,4,11-13H2,1H3;1H/q+1;/p-1. The Morgan fingerprint density at radius 1 is 1.12 bits per heavy atom. The maximum absolute atomic E-state index is 3.55. The Morgan fingerprint density at radius 2 is 1.88 bits per heavy atom. The van der Waals surface area contributed by atoms with Gasteiger partial charge in [-0.1, -0.05) is 46.3 Å². The third-order valence-corrected chi connectivity index (χ3v) is 6.38. The molecule has 2 nitrogen and oxygen atoms in total. The van der Waals surface area contributed by atoms with Crippen molar-refractivity contribution in [2.75, 3.05) is 23.7 Å². The molecular weight excluding hydrogens is 448 g/mol. The number of halogens is 2. The maximum atomic E-state index is 3.55. The number of anilines is 1. The number of hydrogen-bond donors (Lipinski definition) is 0. The summed E-state index contributed by atoms with van der Waals surface area (Å²) in [5, 5.41) is 1.43. The van der Waals surface area contributed by atoms with Crippen LogP contribution in [0.5, 0.6) is 0 Å². The van der Waals surface area contributed by atoms with E-state index in [0.29, 0.717) is 6.04 Å². The van der Waals surface area contributed by atoms with Crippen molar-refractivity contribution >= 4 is 38.5 Å². The summed E-state index contributed by atoms with van der Waals surface area (Å²) in [4.78, 5) is 2.52. The quantitative estimate of drug-likeness (QED) is 0.621. The molecule has 0 saturated heterocycles. The van der Waals surface area contributed by atoms with Crippen LogP contribution in [0.15, 0.2) is 53.0 Å². The normalized spacial score (nSPS) is 19.9. The molecule has 0 fully saturated rings. The first-order valence-electron chi connectivity index (χ1n) is 8.09. The van der Waals surface area contributed by atoms with Crippen LogP contribution in [0.2, 0.25) is 0 Å². The van der Waals surface area contributed by atoms with Crippen molar-refractivity contribution in [1.29, 1.82) is 0 Å². The van der Waals surface area contributed by atoms with Crippen LogP contribution >= 0.6 is 27.7 Å². The minimum atomic E-state index is 0. The molecule has 0 N–H and O–H groups in total. The summed E-state index contributed by atoms with van der Waals surface area (Å²) in [7, 11) is 0. The number of thioether (sulfide) groups is 1. The number of para-hydroxylation sites is 1. The molecule has 0 radical (unpaired) electrons. The smallest absolute Gasteiger partial charge is 0.314 e. The number of hydrogen-bond acceptors (Lipinski definition) is 2. The molecule has 0 spiro atoms. The first-order valence-corrected chi connectivity index (χ1v) is 9.87. The van der Waals surface area contributed by atoms with Gasteiger partial charge in [-0.25, -0.2) is 9.48 Å². The third kappa shape index (κ3) is 3.31. The molecule has 0 amide bonds. The van der Waals surface area contributed by atoms with Crippen LogP contribution in [0, 0.1) is 6.92 Å². The molecule has 0 aliphatic carbocycles. The summed E-state index contributed by atoms with van der Waals surface area (Å²) in [6, 6.07) is 18.0. The van der Waals surface area contributed by atoms with Gasteiger partial charge in [0.25, 0.3) is 0 Å². The van der Waals surface area contributed by atoms with Crippen LogP contribution < -0.4 is 21.9 Å². The largest absolute Gasteiger partial charge is 1.00 e. The fourth-order valence-electron chi connectivity index (χ4n) is 3.49. The van der Waals surface area contributed by atoms with E-state index in [9.17, 15) is 0 Å². The van der Waals surface area contributed by atoms with Crippen LogP contribution in [0.25, 0.3) is 0 Å². The summed E-state index contributed by atoms with van der Waals surface area (Å²) in [5.41, 5.74) is 4.10. The van der Waals surface area contributed by atoms with Crippen LogP contribution in [0.3, 0.4) is 0 Å². The third-order valence-electron chi connectivity index (χ3n) is 4.64. The minimum Gasteiger partial charge on any atom is -1.00 e. The number of benzene rings is 2. The van der Waals surface area contributed by atoms with Gasteiger partial charge in [0.1, 0.15) is 12.2 Å². The summed E-state index contributed by atoms with van der Waals surface area (Å²) in [6.07, 6.45) is 1.27. The van der Waals surface area contributed by atoms with Crippen LogP contribution in [0.1, 0.15) is 23.6 Å². The summed E-state index contributed by atoms with van der Waals surface area (Å²) in [5.74, 6) is 1.22.